The number of benzene rings is 1. The Hall–Kier alpha value is -1.79. The van der Waals surface area contributed by atoms with Gasteiger partial charge in [-0.1, -0.05) is 62.3 Å². The van der Waals surface area contributed by atoms with Crippen molar-refractivity contribution in [1.29, 1.82) is 0 Å². The molecule has 7 heteroatoms. The van der Waals surface area contributed by atoms with Gasteiger partial charge in [0, 0.05) is 19.1 Å². The molecule has 0 spiro atoms. The fraction of sp³-hybridized carbons (Fsp3) is 0.667. The Morgan fingerprint density at radius 1 is 1.00 bits per heavy atom. The molecule has 1 aliphatic heterocycles. The predicted octanol–water partition coefficient (Wildman–Crippen LogP) is 5.53. The normalized spacial score (nSPS) is 21.7. The van der Waals surface area contributed by atoms with E-state index < -0.39 is 0 Å². The molecular weight excluding hydrogens is 412 g/mol. The summed E-state index contributed by atoms with van der Waals surface area (Å²) in [5, 5.41) is 3.63. The van der Waals surface area contributed by atoms with Gasteiger partial charge in [-0.2, -0.15) is 0 Å². The number of para-hydroxylation sites is 1. The molecular formula is C24H35ClN4O2. The van der Waals surface area contributed by atoms with E-state index in [2.05, 4.69) is 10.2 Å². The number of halogens is 1. The molecule has 0 aromatic heterocycles. The molecule has 1 aromatic carbocycles. The number of morpholine rings is 1. The molecule has 1 aromatic rings. The Bertz CT molecular complexity index is 754. The highest BCUT2D eigenvalue weighted by Gasteiger charge is 2.34. The summed E-state index contributed by atoms with van der Waals surface area (Å²) in [5.74, 6) is 0.839. The van der Waals surface area contributed by atoms with Gasteiger partial charge in [0.15, 0.2) is 0 Å². The highest BCUT2D eigenvalue weighted by Crippen LogP contribution is 2.28. The first kappa shape index (κ1) is 22.4. The van der Waals surface area contributed by atoms with E-state index in [0.29, 0.717) is 30.0 Å². The first-order chi connectivity index (χ1) is 15.2. The van der Waals surface area contributed by atoms with Crippen LogP contribution in [0.25, 0.3) is 0 Å². The number of carbonyl (C=O) groups is 1. The van der Waals surface area contributed by atoms with Crippen LogP contribution < -0.4 is 5.32 Å². The number of hydrogen-bond donors (Lipinski definition) is 1. The third-order valence-electron chi connectivity index (χ3n) is 6.66. The molecule has 2 amide bonds. The number of carbonyl (C=O) groups excluding carboxylic acids is 1. The van der Waals surface area contributed by atoms with E-state index >= 15 is 0 Å². The molecule has 0 atom stereocenters. The zero-order valence-corrected chi connectivity index (χ0v) is 19.2. The molecule has 1 N–H and O–H groups in total. The number of urea groups is 1. The van der Waals surface area contributed by atoms with Crippen molar-refractivity contribution in [3.63, 3.8) is 0 Å². The second-order valence-electron chi connectivity index (χ2n) is 8.89. The average molecular weight is 447 g/mol. The van der Waals surface area contributed by atoms with Gasteiger partial charge in [0.25, 0.3) is 0 Å². The van der Waals surface area contributed by atoms with Gasteiger partial charge in [-0.25, -0.2) is 9.79 Å². The second-order valence-corrected chi connectivity index (χ2v) is 9.30. The topological polar surface area (TPSA) is 57.2 Å². The fourth-order valence-electron chi connectivity index (χ4n) is 4.93. The lowest BCUT2D eigenvalue weighted by molar-refractivity contribution is 0.0609. The van der Waals surface area contributed by atoms with E-state index in [1.165, 1.54) is 25.7 Å². The number of nitrogens with one attached hydrogen (secondary N) is 1. The first-order valence-electron chi connectivity index (χ1n) is 12.0. The lowest BCUT2D eigenvalue weighted by Crippen LogP contribution is -2.56. The molecule has 0 bridgehead atoms. The molecule has 170 valence electrons. The average Bonchev–Trinajstić information content (AvgIpc) is 2.82. The second kappa shape index (κ2) is 11.2. The van der Waals surface area contributed by atoms with E-state index in [0.717, 1.165) is 57.6 Å². The maximum atomic E-state index is 13.7. The highest BCUT2D eigenvalue weighted by molar-refractivity contribution is 6.33. The van der Waals surface area contributed by atoms with Gasteiger partial charge in [-0.3, -0.25) is 4.90 Å². The van der Waals surface area contributed by atoms with E-state index in [1.807, 2.05) is 23.1 Å². The quantitative estimate of drug-likeness (QED) is 0.490. The molecule has 2 aliphatic carbocycles. The molecule has 3 fully saturated rings. The van der Waals surface area contributed by atoms with Crippen LogP contribution in [0.3, 0.4) is 0 Å². The van der Waals surface area contributed by atoms with Crippen LogP contribution in [-0.2, 0) is 4.74 Å². The summed E-state index contributed by atoms with van der Waals surface area (Å²) in [6.45, 7) is 2.89. The number of amides is 2. The number of hydrogen-bond acceptors (Lipinski definition) is 3. The molecule has 0 radical (unpaired) electrons. The summed E-state index contributed by atoms with van der Waals surface area (Å²) in [5.41, 5.74) is 0.647. The van der Waals surface area contributed by atoms with Crippen LogP contribution in [0.15, 0.2) is 29.3 Å². The summed E-state index contributed by atoms with van der Waals surface area (Å²) >= 11 is 6.35. The Morgan fingerprint density at radius 3 is 2.32 bits per heavy atom. The molecule has 1 saturated heterocycles. The van der Waals surface area contributed by atoms with Crippen LogP contribution >= 0.6 is 11.6 Å². The van der Waals surface area contributed by atoms with Crippen molar-refractivity contribution < 1.29 is 9.53 Å². The van der Waals surface area contributed by atoms with Crippen molar-refractivity contribution >= 4 is 29.3 Å². The molecule has 2 saturated carbocycles. The van der Waals surface area contributed by atoms with Crippen molar-refractivity contribution in [3.8, 4) is 0 Å². The molecule has 3 aliphatic rings. The number of anilines is 1. The maximum absolute atomic E-state index is 13.7. The van der Waals surface area contributed by atoms with Gasteiger partial charge >= 0.3 is 6.03 Å². The summed E-state index contributed by atoms with van der Waals surface area (Å²) in [7, 11) is 0. The smallest absolute Gasteiger partial charge is 0.328 e. The van der Waals surface area contributed by atoms with E-state index in [1.54, 1.807) is 6.07 Å². The maximum Gasteiger partial charge on any atom is 0.328 e. The minimum Gasteiger partial charge on any atom is -0.378 e. The Balaban J connectivity index is 1.65. The van der Waals surface area contributed by atoms with Crippen LogP contribution in [0.1, 0.15) is 64.2 Å². The Morgan fingerprint density at radius 2 is 1.65 bits per heavy atom. The van der Waals surface area contributed by atoms with Gasteiger partial charge < -0.3 is 15.0 Å². The zero-order chi connectivity index (χ0) is 21.5. The molecule has 6 nitrogen and oxygen atoms in total. The van der Waals surface area contributed by atoms with Gasteiger partial charge in [-0.15, -0.1) is 0 Å². The molecule has 4 rings (SSSR count). The minimum atomic E-state index is -0.124. The highest BCUT2D eigenvalue weighted by atomic mass is 35.5. The number of guanidine groups is 1. The Labute approximate surface area is 191 Å². The lowest BCUT2D eigenvalue weighted by Gasteiger charge is -2.41. The van der Waals surface area contributed by atoms with Crippen LogP contribution in [0, 0.1) is 0 Å². The molecule has 31 heavy (non-hydrogen) atoms. The summed E-state index contributed by atoms with van der Waals surface area (Å²) in [6, 6.07) is 7.77. The number of nitrogens with zero attached hydrogens (tertiary/aromatic N) is 3. The first-order valence-corrected chi connectivity index (χ1v) is 12.4. The van der Waals surface area contributed by atoms with Crippen LogP contribution in [0.4, 0.5) is 10.5 Å². The fourth-order valence-corrected chi connectivity index (χ4v) is 5.11. The van der Waals surface area contributed by atoms with Gasteiger partial charge in [0.2, 0.25) is 5.96 Å². The molecule has 0 unspecified atom stereocenters. The third-order valence-corrected chi connectivity index (χ3v) is 6.99. The van der Waals surface area contributed by atoms with Crippen molar-refractivity contribution in [3.05, 3.63) is 29.3 Å². The molecule has 1 heterocycles. The van der Waals surface area contributed by atoms with Gasteiger partial charge in [0.1, 0.15) is 0 Å². The standard InChI is InChI=1S/C24H35ClN4O2/c25-21-13-7-8-14-22(21)27-24(30)29(20-11-5-2-6-12-20)23(28-15-17-31-18-16-28)26-19-9-3-1-4-10-19/h7-8,13-14,19-20H,1-6,9-12,15-18H2,(H,27,30). The lowest BCUT2D eigenvalue weighted by atomic mass is 9.94. The summed E-state index contributed by atoms with van der Waals surface area (Å²) < 4.78 is 5.60. The van der Waals surface area contributed by atoms with Crippen LogP contribution in [-0.4, -0.2) is 60.2 Å². The van der Waals surface area contributed by atoms with E-state index in [9.17, 15) is 4.79 Å². The van der Waals surface area contributed by atoms with E-state index in [4.69, 9.17) is 21.3 Å². The minimum absolute atomic E-state index is 0.124. The van der Waals surface area contributed by atoms with Crippen molar-refractivity contribution in [2.24, 2.45) is 4.99 Å². The number of aliphatic imine (C=N–C) groups is 1. The van der Waals surface area contributed by atoms with Crippen LogP contribution in [0.5, 0.6) is 0 Å². The predicted molar refractivity (Wildman–Crippen MR) is 126 cm³/mol. The van der Waals surface area contributed by atoms with Crippen LogP contribution in [0.2, 0.25) is 5.02 Å². The summed E-state index contributed by atoms with van der Waals surface area (Å²) in [4.78, 5) is 23.2. The van der Waals surface area contributed by atoms with Gasteiger partial charge in [0.05, 0.1) is 30.0 Å². The zero-order valence-electron chi connectivity index (χ0n) is 18.4. The SMILES string of the molecule is O=C(Nc1ccccc1Cl)N(C(=NC1CCCCC1)N1CCOCC1)C1CCCCC1. The van der Waals surface area contributed by atoms with Crippen molar-refractivity contribution in [2.45, 2.75) is 76.3 Å². The van der Waals surface area contributed by atoms with Crippen molar-refractivity contribution in [1.82, 2.24) is 9.80 Å². The number of rotatable bonds is 3. The third kappa shape index (κ3) is 5.92. The van der Waals surface area contributed by atoms with Gasteiger partial charge in [-0.05, 0) is 37.8 Å². The number of ether oxygens (including phenoxy) is 1. The summed E-state index contributed by atoms with van der Waals surface area (Å²) in [6.07, 6.45) is 11.5. The van der Waals surface area contributed by atoms with Crippen molar-refractivity contribution in [2.75, 3.05) is 31.6 Å². The Kier molecular flexibility index (Phi) is 8.09. The van der Waals surface area contributed by atoms with E-state index in [-0.39, 0.29) is 12.1 Å². The monoisotopic (exact) mass is 446 g/mol. The largest absolute Gasteiger partial charge is 0.378 e.